The van der Waals surface area contributed by atoms with Gasteiger partial charge in [-0.15, -0.1) is 0 Å². The molecule has 0 amide bonds. The van der Waals surface area contributed by atoms with Gasteiger partial charge in [-0.1, -0.05) is 25.1 Å². The van der Waals surface area contributed by atoms with E-state index in [1.165, 1.54) is 12.1 Å². The number of nitrogens with one attached hydrogen (secondary N) is 1. The number of hydrogen-bond donors (Lipinski definition) is 1. The molecule has 112 valence electrons. The summed E-state index contributed by atoms with van der Waals surface area (Å²) < 4.78 is 48.9. The highest BCUT2D eigenvalue weighted by Gasteiger charge is 2.33. The quantitative estimate of drug-likeness (QED) is 0.842. The van der Waals surface area contributed by atoms with Gasteiger partial charge >= 0.3 is 5.76 Å². The average molecular weight is 303 g/mol. The van der Waals surface area contributed by atoms with Crippen LogP contribution in [0.5, 0.6) is 0 Å². The second-order valence-corrected chi connectivity index (χ2v) is 7.01. The minimum Gasteiger partial charge on any atom is -0.314 e. The summed E-state index contributed by atoms with van der Waals surface area (Å²) in [6.07, 6.45) is 2.70. The van der Waals surface area contributed by atoms with Gasteiger partial charge in [0.1, 0.15) is 0 Å². The number of likely N-dealkylation sites (N-methyl/N-ethyl adjacent to an activating group) is 1. The molecule has 1 aliphatic carbocycles. The summed E-state index contributed by atoms with van der Waals surface area (Å²) in [5.41, 5.74) is 0.477. The highest BCUT2D eigenvalue weighted by molar-refractivity contribution is 7.91. The van der Waals surface area contributed by atoms with Crippen molar-refractivity contribution in [3.63, 3.8) is 0 Å². The van der Waals surface area contributed by atoms with Gasteiger partial charge in [-0.3, -0.25) is 0 Å². The first-order valence-electron chi connectivity index (χ1n) is 6.80. The van der Waals surface area contributed by atoms with Crippen LogP contribution >= 0.6 is 0 Å². The fourth-order valence-electron chi connectivity index (χ4n) is 2.45. The topological polar surface area (TPSA) is 46.2 Å². The van der Waals surface area contributed by atoms with Gasteiger partial charge in [0.2, 0.25) is 9.84 Å². The van der Waals surface area contributed by atoms with Crippen molar-refractivity contribution in [3.8, 4) is 0 Å². The van der Waals surface area contributed by atoms with Crippen molar-refractivity contribution in [2.24, 2.45) is 5.92 Å². The van der Waals surface area contributed by atoms with Crippen molar-refractivity contribution in [2.75, 3.05) is 6.54 Å². The molecule has 1 aliphatic rings. The van der Waals surface area contributed by atoms with E-state index in [0.29, 0.717) is 17.9 Å². The maximum atomic E-state index is 12.7. The smallest absolute Gasteiger partial charge is 0.314 e. The Labute approximate surface area is 118 Å². The second-order valence-electron chi connectivity index (χ2n) is 5.12. The van der Waals surface area contributed by atoms with Crippen molar-refractivity contribution in [1.82, 2.24) is 5.32 Å². The molecule has 1 N–H and O–H groups in total. The Morgan fingerprint density at radius 3 is 2.50 bits per heavy atom. The molecule has 0 radical (unpaired) electrons. The molecule has 0 bridgehead atoms. The summed E-state index contributed by atoms with van der Waals surface area (Å²) >= 11 is 0. The van der Waals surface area contributed by atoms with Crippen LogP contribution in [0.4, 0.5) is 8.78 Å². The number of hydrogen-bond acceptors (Lipinski definition) is 3. The number of sulfone groups is 1. The largest absolute Gasteiger partial charge is 0.341 e. The zero-order valence-corrected chi connectivity index (χ0v) is 12.2. The predicted octanol–water partition coefficient (Wildman–Crippen LogP) is 2.61. The minimum absolute atomic E-state index is 0.161. The Kier molecular flexibility index (Phi) is 4.75. The zero-order chi connectivity index (χ0) is 14.8. The van der Waals surface area contributed by atoms with Gasteiger partial charge in [-0.05, 0) is 43.4 Å². The van der Waals surface area contributed by atoms with Crippen LogP contribution in [0.2, 0.25) is 0 Å². The molecule has 0 aliphatic heterocycles. The van der Waals surface area contributed by atoms with Crippen LogP contribution in [0.15, 0.2) is 29.2 Å². The summed E-state index contributed by atoms with van der Waals surface area (Å²) in [5, 5.41) is 3.32. The van der Waals surface area contributed by atoms with Gasteiger partial charge in [0, 0.05) is 6.04 Å². The maximum absolute atomic E-state index is 12.7. The fourth-order valence-corrected chi connectivity index (χ4v) is 3.43. The van der Waals surface area contributed by atoms with Gasteiger partial charge in [0.15, 0.2) is 0 Å². The number of rotatable bonds is 7. The SMILES string of the molecule is CCNC(Cc1ccccc1S(=O)(=O)C(F)F)C1CC1. The van der Waals surface area contributed by atoms with E-state index in [1.807, 2.05) is 6.92 Å². The third-order valence-electron chi connectivity index (χ3n) is 3.61. The second kappa shape index (κ2) is 6.18. The molecule has 6 heteroatoms. The molecule has 0 spiro atoms. The van der Waals surface area contributed by atoms with Crippen LogP contribution in [0.25, 0.3) is 0 Å². The highest BCUT2D eigenvalue weighted by Crippen LogP contribution is 2.35. The van der Waals surface area contributed by atoms with Crippen LogP contribution in [0.3, 0.4) is 0 Å². The first kappa shape index (κ1) is 15.4. The normalized spacial score (nSPS) is 17.4. The lowest BCUT2D eigenvalue weighted by Gasteiger charge is -2.19. The molecule has 0 aromatic heterocycles. The molecule has 0 heterocycles. The molecular formula is C14H19F2NO2S. The first-order valence-corrected chi connectivity index (χ1v) is 8.34. The zero-order valence-electron chi connectivity index (χ0n) is 11.4. The third-order valence-corrected chi connectivity index (χ3v) is 5.09. The molecule has 2 rings (SSSR count). The van der Waals surface area contributed by atoms with Crippen molar-refractivity contribution in [2.45, 2.75) is 42.9 Å². The van der Waals surface area contributed by atoms with E-state index in [4.69, 9.17) is 0 Å². The lowest BCUT2D eigenvalue weighted by atomic mass is 10.0. The van der Waals surface area contributed by atoms with Crippen LogP contribution in [-0.2, 0) is 16.3 Å². The Balaban J connectivity index is 2.28. The summed E-state index contributed by atoms with van der Waals surface area (Å²) in [4.78, 5) is -0.237. The van der Waals surface area contributed by atoms with E-state index in [0.717, 1.165) is 19.4 Å². The van der Waals surface area contributed by atoms with Crippen LogP contribution in [-0.4, -0.2) is 26.8 Å². The molecule has 1 aromatic carbocycles. The van der Waals surface area contributed by atoms with Crippen LogP contribution < -0.4 is 5.32 Å². The summed E-state index contributed by atoms with van der Waals surface area (Å²) in [7, 11) is -4.53. The van der Waals surface area contributed by atoms with E-state index in [2.05, 4.69) is 5.32 Å². The van der Waals surface area contributed by atoms with E-state index in [1.54, 1.807) is 12.1 Å². The maximum Gasteiger partial charge on any atom is 0.341 e. The number of alkyl halides is 2. The molecular weight excluding hydrogens is 284 g/mol. The number of benzene rings is 1. The van der Waals surface area contributed by atoms with E-state index in [-0.39, 0.29) is 10.9 Å². The summed E-state index contributed by atoms with van der Waals surface area (Å²) in [5.74, 6) is -2.85. The van der Waals surface area contributed by atoms with Gasteiger partial charge in [0.25, 0.3) is 0 Å². The monoisotopic (exact) mass is 303 g/mol. The minimum atomic E-state index is -4.53. The fraction of sp³-hybridized carbons (Fsp3) is 0.571. The van der Waals surface area contributed by atoms with Gasteiger partial charge in [0.05, 0.1) is 4.90 Å². The van der Waals surface area contributed by atoms with Crippen molar-refractivity contribution in [3.05, 3.63) is 29.8 Å². The van der Waals surface area contributed by atoms with E-state index in [9.17, 15) is 17.2 Å². The highest BCUT2D eigenvalue weighted by atomic mass is 32.2. The third kappa shape index (κ3) is 3.35. The Bertz CT molecular complexity index is 556. The predicted molar refractivity (Wildman–Crippen MR) is 73.5 cm³/mol. The van der Waals surface area contributed by atoms with Crippen molar-refractivity contribution >= 4 is 9.84 Å². The van der Waals surface area contributed by atoms with Crippen molar-refractivity contribution < 1.29 is 17.2 Å². The lowest BCUT2D eigenvalue weighted by molar-refractivity contribution is 0.234. The molecule has 0 saturated heterocycles. The lowest BCUT2D eigenvalue weighted by Crippen LogP contribution is -2.33. The Morgan fingerprint density at radius 2 is 1.95 bits per heavy atom. The summed E-state index contributed by atoms with van der Waals surface area (Å²) in [6, 6.07) is 6.23. The molecule has 1 aromatic rings. The Hall–Kier alpha value is -1.01. The molecule has 1 fully saturated rings. The molecule has 3 nitrogen and oxygen atoms in total. The van der Waals surface area contributed by atoms with Gasteiger partial charge < -0.3 is 5.32 Å². The molecule has 20 heavy (non-hydrogen) atoms. The standard InChI is InChI=1S/C14H19F2NO2S/c1-2-17-12(10-7-8-10)9-11-5-3-4-6-13(11)20(18,19)14(15)16/h3-6,10,12,14,17H,2,7-9H2,1H3. The van der Waals surface area contributed by atoms with Crippen molar-refractivity contribution in [1.29, 1.82) is 0 Å². The first-order chi connectivity index (χ1) is 9.46. The molecule has 1 atom stereocenters. The van der Waals surface area contributed by atoms with Crippen LogP contribution in [0.1, 0.15) is 25.3 Å². The van der Waals surface area contributed by atoms with Gasteiger partial charge in [-0.25, -0.2) is 8.42 Å². The Morgan fingerprint density at radius 1 is 1.30 bits per heavy atom. The summed E-state index contributed by atoms with van der Waals surface area (Å²) in [6.45, 7) is 2.77. The van der Waals surface area contributed by atoms with E-state index < -0.39 is 15.6 Å². The van der Waals surface area contributed by atoms with Crippen LogP contribution in [0, 0.1) is 5.92 Å². The van der Waals surface area contributed by atoms with Gasteiger partial charge in [-0.2, -0.15) is 8.78 Å². The molecule has 1 saturated carbocycles. The number of halogens is 2. The van der Waals surface area contributed by atoms with E-state index >= 15 is 0 Å². The molecule has 1 unspecified atom stereocenters. The average Bonchev–Trinajstić information content (AvgIpc) is 3.23.